The molecule has 1 unspecified atom stereocenters. The Morgan fingerprint density at radius 3 is 2.15 bits per heavy atom. The van der Waals surface area contributed by atoms with Gasteiger partial charge in [-0.3, -0.25) is 9.59 Å². The summed E-state index contributed by atoms with van der Waals surface area (Å²) >= 11 is 0. The number of carboxylic acid groups (broad SMARTS) is 1. The van der Waals surface area contributed by atoms with Crippen molar-refractivity contribution in [2.75, 3.05) is 21.0 Å². The molecule has 1 N–H and O–H groups in total. The summed E-state index contributed by atoms with van der Waals surface area (Å²) in [6, 6.07) is 17.5. The molecule has 0 radical (unpaired) electrons. The SMILES string of the molecule is C=C1C[C@H](C[C@@H]2CC(=C)C[C@H](C=CC(C)(C)[C@]3(OC)O[C@H](C[C@@H](O[Si](C)(C)C(C)(C)C)[C@@H](C)OCOCc4ccccc4)CCC3=O)O2)O[C@H](CC(CC(=O)O)OCc2ccc(OC)cc2)C1. The second-order valence-corrected chi connectivity index (χ2v) is 25.7. The fraction of sp³-hybridized carbons (Fsp3) is 0.630. The number of hydrogen-bond donors (Lipinski definition) is 1. The van der Waals surface area contributed by atoms with Crippen LogP contribution >= 0.6 is 0 Å². The van der Waals surface area contributed by atoms with Crippen molar-refractivity contribution in [2.24, 2.45) is 5.41 Å². The highest BCUT2D eigenvalue weighted by Crippen LogP contribution is 2.45. The van der Waals surface area contributed by atoms with Crippen molar-refractivity contribution in [1.82, 2.24) is 0 Å². The molecule has 9 atom stereocenters. The largest absolute Gasteiger partial charge is 0.497 e. The Hall–Kier alpha value is -3.50. The van der Waals surface area contributed by atoms with Crippen LogP contribution in [0, 0.1) is 5.41 Å². The zero-order valence-electron chi connectivity index (χ0n) is 42.0. The number of ether oxygens (including phenoxy) is 8. The molecule has 2 aromatic carbocycles. The van der Waals surface area contributed by atoms with E-state index in [2.05, 4.69) is 47.0 Å². The first-order chi connectivity index (χ1) is 31.6. The van der Waals surface area contributed by atoms with Gasteiger partial charge < -0.3 is 47.4 Å². The molecular formula is C54H80O12Si. The number of aliphatic carboxylic acids is 1. The van der Waals surface area contributed by atoms with E-state index in [1.165, 1.54) is 0 Å². The normalized spacial score (nSPS) is 25.8. The molecule has 3 aliphatic heterocycles. The minimum absolute atomic E-state index is 0.0330. The lowest BCUT2D eigenvalue weighted by atomic mass is 9.76. The Morgan fingerprint density at radius 1 is 0.866 bits per heavy atom. The molecule has 2 aromatic rings. The summed E-state index contributed by atoms with van der Waals surface area (Å²) in [7, 11) is 0.913. The zero-order chi connectivity index (χ0) is 49.0. The average molecular weight is 949 g/mol. The number of hydrogen-bond acceptors (Lipinski definition) is 11. The van der Waals surface area contributed by atoms with Crippen LogP contribution < -0.4 is 4.74 Å². The third-order valence-corrected chi connectivity index (χ3v) is 18.4. The van der Waals surface area contributed by atoms with Gasteiger partial charge in [0.05, 0.1) is 75.6 Å². The topological polar surface area (TPSA) is 137 Å². The average Bonchev–Trinajstić information content (AvgIpc) is 3.26. The second-order valence-electron chi connectivity index (χ2n) is 20.9. The molecular weight excluding hydrogens is 869 g/mol. The van der Waals surface area contributed by atoms with Crippen LogP contribution in [0.25, 0.3) is 0 Å². The number of ketones is 1. The molecule has 0 amide bonds. The summed E-state index contributed by atoms with van der Waals surface area (Å²) in [5, 5.41) is 9.67. The van der Waals surface area contributed by atoms with Crippen LogP contribution in [0.15, 0.2) is 91.1 Å². The Balaban J connectivity index is 1.21. The van der Waals surface area contributed by atoms with E-state index < -0.39 is 31.6 Å². The van der Waals surface area contributed by atoms with E-state index in [1.807, 2.05) is 87.5 Å². The molecule has 12 nitrogen and oxygen atoms in total. The summed E-state index contributed by atoms with van der Waals surface area (Å²) in [4.78, 5) is 25.9. The van der Waals surface area contributed by atoms with Gasteiger partial charge in [-0.05, 0) is 80.4 Å². The highest BCUT2D eigenvalue weighted by atomic mass is 28.4. The molecule has 0 spiro atoms. The Kier molecular flexibility index (Phi) is 19.8. The van der Waals surface area contributed by atoms with Gasteiger partial charge in [-0.25, -0.2) is 0 Å². The van der Waals surface area contributed by atoms with Crippen molar-refractivity contribution in [3.63, 3.8) is 0 Å². The molecule has 0 aromatic heterocycles. The predicted octanol–water partition coefficient (Wildman–Crippen LogP) is 11.1. The van der Waals surface area contributed by atoms with Crippen LogP contribution in [0.1, 0.15) is 117 Å². The lowest BCUT2D eigenvalue weighted by molar-refractivity contribution is -0.285. The van der Waals surface area contributed by atoms with Gasteiger partial charge in [0.1, 0.15) is 12.5 Å². The fourth-order valence-corrected chi connectivity index (χ4v) is 10.5. The standard InChI is InChI=1S/C54H80O12Si/c1-37-26-43(63-47(27-37)31-48-29-38(2)28-46(64-48)30-45(33-51(56)57)61-35-41-18-20-42(58-9)21-19-41)24-25-53(7,8)54(59-10)50(55)23-22-44(65-54)32-49(66-67(11,12)52(4,5)6)39(3)62-36-60-34-40-16-14-13-15-17-40/h13-21,24-25,39,43-49H,1-2,22-23,26-36H2,3-12H3,(H,56,57)/t39-,43+,44+,45?,46+,47+,48-,49-,54-/m1/s1. The minimum Gasteiger partial charge on any atom is -0.497 e. The number of Topliss-reactive ketones (excluding diaryl/α,β-unsaturated/α-hetero) is 1. The highest BCUT2D eigenvalue weighted by Gasteiger charge is 2.55. The number of benzene rings is 2. The van der Waals surface area contributed by atoms with Gasteiger partial charge in [-0.15, -0.1) is 0 Å². The van der Waals surface area contributed by atoms with Crippen molar-refractivity contribution in [3.05, 3.63) is 102 Å². The van der Waals surface area contributed by atoms with Crippen LogP contribution in [-0.4, -0.2) is 101 Å². The van der Waals surface area contributed by atoms with Crippen molar-refractivity contribution < 1.29 is 57.0 Å². The fourth-order valence-electron chi connectivity index (χ4n) is 9.11. The summed E-state index contributed by atoms with van der Waals surface area (Å²) in [6.07, 6.45) is 6.67. The van der Waals surface area contributed by atoms with Gasteiger partial charge in [0.15, 0.2) is 14.1 Å². The van der Waals surface area contributed by atoms with Gasteiger partial charge in [-0.1, -0.05) is 114 Å². The number of carboxylic acids is 1. The highest BCUT2D eigenvalue weighted by molar-refractivity contribution is 6.74. The van der Waals surface area contributed by atoms with Crippen LogP contribution in [0.2, 0.25) is 18.1 Å². The predicted molar refractivity (Wildman–Crippen MR) is 262 cm³/mol. The molecule has 5 rings (SSSR count). The van der Waals surface area contributed by atoms with E-state index in [4.69, 9.17) is 42.3 Å². The van der Waals surface area contributed by atoms with E-state index in [9.17, 15) is 14.7 Å². The number of carbonyl (C=O) groups is 2. The second kappa shape index (κ2) is 24.4. The van der Waals surface area contributed by atoms with E-state index in [-0.39, 0.29) is 73.4 Å². The maximum absolute atomic E-state index is 14.0. The smallest absolute Gasteiger partial charge is 0.305 e. The molecule has 3 fully saturated rings. The van der Waals surface area contributed by atoms with Crippen molar-refractivity contribution in [1.29, 1.82) is 0 Å². The summed E-state index contributed by atoms with van der Waals surface area (Å²) < 4.78 is 57.0. The van der Waals surface area contributed by atoms with Crippen LogP contribution in [0.4, 0.5) is 0 Å². The van der Waals surface area contributed by atoms with E-state index in [1.54, 1.807) is 14.2 Å². The Morgan fingerprint density at radius 2 is 1.51 bits per heavy atom. The van der Waals surface area contributed by atoms with Crippen molar-refractivity contribution in [2.45, 2.75) is 192 Å². The molecule has 3 heterocycles. The third-order valence-electron chi connectivity index (χ3n) is 13.9. The van der Waals surface area contributed by atoms with Gasteiger partial charge in [0.2, 0.25) is 5.79 Å². The third kappa shape index (κ3) is 15.8. The molecule has 3 saturated heterocycles. The number of rotatable bonds is 24. The lowest BCUT2D eigenvalue weighted by Gasteiger charge is -2.48. The van der Waals surface area contributed by atoms with Crippen LogP contribution in [0.3, 0.4) is 0 Å². The lowest BCUT2D eigenvalue weighted by Crippen LogP contribution is -2.59. The first kappa shape index (κ1) is 54.4. The monoisotopic (exact) mass is 949 g/mol. The summed E-state index contributed by atoms with van der Waals surface area (Å²) in [5.41, 5.74) is 3.26. The van der Waals surface area contributed by atoms with Crippen molar-refractivity contribution in [3.8, 4) is 5.75 Å². The first-order valence-electron chi connectivity index (χ1n) is 24.1. The zero-order valence-corrected chi connectivity index (χ0v) is 43.0. The van der Waals surface area contributed by atoms with Crippen LogP contribution in [-0.2, 0) is 60.4 Å². The molecule has 13 heteroatoms. The van der Waals surface area contributed by atoms with Crippen LogP contribution in [0.5, 0.6) is 5.75 Å². The van der Waals surface area contributed by atoms with Crippen molar-refractivity contribution >= 4 is 20.1 Å². The molecule has 3 aliphatic rings. The van der Waals surface area contributed by atoms with Gasteiger partial charge >= 0.3 is 5.97 Å². The van der Waals surface area contributed by atoms with E-state index in [0.29, 0.717) is 64.4 Å². The Bertz CT molecular complexity index is 1940. The molecule has 0 saturated carbocycles. The first-order valence-corrected chi connectivity index (χ1v) is 27.0. The maximum Gasteiger partial charge on any atom is 0.305 e. The maximum atomic E-state index is 14.0. The van der Waals surface area contributed by atoms with Gasteiger partial charge in [0, 0.05) is 38.2 Å². The number of methoxy groups -OCH3 is 2. The molecule has 0 bridgehead atoms. The summed E-state index contributed by atoms with van der Waals surface area (Å²) in [6.45, 7) is 26.7. The summed E-state index contributed by atoms with van der Waals surface area (Å²) in [5.74, 6) is -1.82. The van der Waals surface area contributed by atoms with Gasteiger partial charge in [-0.2, -0.15) is 0 Å². The number of carbonyl (C=O) groups excluding carboxylic acids is 1. The minimum atomic E-state index is -2.25. The van der Waals surface area contributed by atoms with Gasteiger partial charge in [0.25, 0.3) is 0 Å². The van der Waals surface area contributed by atoms with E-state index in [0.717, 1.165) is 28.0 Å². The molecule has 67 heavy (non-hydrogen) atoms. The van der Waals surface area contributed by atoms with E-state index >= 15 is 0 Å². The molecule has 372 valence electrons. The quantitative estimate of drug-likeness (QED) is 0.0464. The molecule has 0 aliphatic carbocycles. The Labute approximate surface area is 401 Å².